The highest BCUT2D eigenvalue weighted by Gasteiger charge is 2.32. The molecule has 1 aliphatic carbocycles. The van der Waals surface area contributed by atoms with Crippen molar-refractivity contribution in [3.05, 3.63) is 0 Å². The standard InChI is InChI=1S/C11H20O6S/c1-2-8-16-11(12)17-10(18(13,14)15)9-6-4-3-5-7-9/h9-10H,2-8H2,1H3,(H,13,14,15)/p-1. The number of carbonyl (C=O) groups is 1. The normalized spacial score (nSPS) is 19.2. The Kier molecular flexibility index (Phi) is 5.87. The van der Waals surface area contributed by atoms with Gasteiger partial charge in [-0.1, -0.05) is 26.2 Å². The lowest BCUT2D eigenvalue weighted by Crippen LogP contribution is -2.35. The van der Waals surface area contributed by atoms with Crippen molar-refractivity contribution in [2.24, 2.45) is 5.92 Å². The quantitative estimate of drug-likeness (QED) is 0.564. The Morgan fingerprint density at radius 1 is 1.33 bits per heavy atom. The summed E-state index contributed by atoms with van der Waals surface area (Å²) in [6.45, 7) is 1.95. The molecule has 1 saturated carbocycles. The van der Waals surface area contributed by atoms with Crippen molar-refractivity contribution in [3.63, 3.8) is 0 Å². The summed E-state index contributed by atoms with van der Waals surface area (Å²) >= 11 is 0. The van der Waals surface area contributed by atoms with E-state index in [2.05, 4.69) is 4.74 Å². The van der Waals surface area contributed by atoms with E-state index in [9.17, 15) is 17.8 Å². The SMILES string of the molecule is CCCOC(=O)OC(C1CCCCC1)S(=O)(=O)[O-]. The third kappa shape index (κ3) is 4.81. The second-order valence-corrected chi connectivity index (χ2v) is 5.93. The van der Waals surface area contributed by atoms with Crippen LogP contribution in [0.15, 0.2) is 0 Å². The van der Waals surface area contributed by atoms with Gasteiger partial charge in [0.2, 0.25) is 0 Å². The fourth-order valence-electron chi connectivity index (χ4n) is 2.11. The summed E-state index contributed by atoms with van der Waals surface area (Å²) in [4.78, 5) is 11.3. The van der Waals surface area contributed by atoms with Gasteiger partial charge in [-0.3, -0.25) is 0 Å². The molecular formula is C11H19O6S-. The van der Waals surface area contributed by atoms with Crippen molar-refractivity contribution in [3.8, 4) is 0 Å². The number of ether oxygens (including phenoxy) is 2. The molecule has 0 bridgehead atoms. The zero-order valence-corrected chi connectivity index (χ0v) is 11.3. The minimum Gasteiger partial charge on any atom is -0.745 e. The first-order valence-corrected chi connectivity index (χ1v) is 7.70. The molecule has 0 aromatic rings. The topological polar surface area (TPSA) is 92.7 Å². The van der Waals surface area contributed by atoms with Crippen LogP contribution in [0.5, 0.6) is 0 Å². The van der Waals surface area contributed by atoms with Crippen LogP contribution in [0, 0.1) is 5.92 Å². The Labute approximate surface area is 107 Å². The van der Waals surface area contributed by atoms with Crippen molar-refractivity contribution in [1.29, 1.82) is 0 Å². The lowest BCUT2D eigenvalue weighted by molar-refractivity contribution is 0.0216. The Hall–Kier alpha value is -0.820. The number of carbonyl (C=O) groups excluding carboxylic acids is 1. The van der Waals surface area contributed by atoms with Crippen LogP contribution in [0.25, 0.3) is 0 Å². The van der Waals surface area contributed by atoms with E-state index in [0.717, 1.165) is 19.3 Å². The fraction of sp³-hybridized carbons (Fsp3) is 0.909. The summed E-state index contributed by atoms with van der Waals surface area (Å²) in [5, 5.41) is 0. The molecule has 0 saturated heterocycles. The van der Waals surface area contributed by atoms with Crippen LogP contribution in [0.4, 0.5) is 4.79 Å². The van der Waals surface area contributed by atoms with Gasteiger partial charge in [0, 0.05) is 5.92 Å². The Bertz CT molecular complexity index is 358. The van der Waals surface area contributed by atoms with E-state index < -0.39 is 27.6 Å². The highest BCUT2D eigenvalue weighted by molar-refractivity contribution is 7.86. The van der Waals surface area contributed by atoms with Crippen molar-refractivity contribution < 1.29 is 27.2 Å². The van der Waals surface area contributed by atoms with Gasteiger partial charge in [-0.25, -0.2) is 13.2 Å². The van der Waals surface area contributed by atoms with Gasteiger partial charge in [0.25, 0.3) is 0 Å². The van der Waals surface area contributed by atoms with Gasteiger partial charge in [0.05, 0.1) is 6.61 Å². The van der Waals surface area contributed by atoms with Crippen LogP contribution in [-0.4, -0.2) is 31.2 Å². The third-order valence-corrected chi connectivity index (χ3v) is 4.01. The second-order valence-electron chi connectivity index (χ2n) is 4.48. The zero-order chi connectivity index (χ0) is 13.6. The van der Waals surface area contributed by atoms with Gasteiger partial charge >= 0.3 is 6.16 Å². The van der Waals surface area contributed by atoms with E-state index in [1.54, 1.807) is 6.92 Å². The molecule has 1 unspecified atom stereocenters. The van der Waals surface area contributed by atoms with E-state index in [-0.39, 0.29) is 6.61 Å². The van der Waals surface area contributed by atoms with E-state index in [4.69, 9.17) is 4.74 Å². The molecule has 18 heavy (non-hydrogen) atoms. The van der Waals surface area contributed by atoms with Gasteiger partial charge < -0.3 is 14.0 Å². The van der Waals surface area contributed by atoms with E-state index in [1.165, 1.54) is 0 Å². The monoisotopic (exact) mass is 279 g/mol. The highest BCUT2D eigenvalue weighted by atomic mass is 32.2. The molecule has 1 aliphatic rings. The van der Waals surface area contributed by atoms with Crippen LogP contribution in [0.1, 0.15) is 45.4 Å². The molecular weight excluding hydrogens is 260 g/mol. The number of hydrogen-bond donors (Lipinski definition) is 0. The smallest absolute Gasteiger partial charge is 0.509 e. The molecule has 7 heteroatoms. The molecule has 0 aromatic carbocycles. The predicted molar refractivity (Wildman–Crippen MR) is 62.8 cm³/mol. The molecule has 106 valence electrons. The first-order chi connectivity index (χ1) is 8.45. The van der Waals surface area contributed by atoms with Gasteiger partial charge in [-0.2, -0.15) is 0 Å². The Balaban J connectivity index is 2.64. The molecule has 6 nitrogen and oxygen atoms in total. The zero-order valence-electron chi connectivity index (χ0n) is 10.5. The van der Waals surface area contributed by atoms with Crippen LogP contribution in [0.2, 0.25) is 0 Å². The molecule has 0 radical (unpaired) electrons. The summed E-state index contributed by atoms with van der Waals surface area (Å²) in [6, 6.07) is 0. The van der Waals surface area contributed by atoms with Crippen molar-refractivity contribution in [2.75, 3.05) is 6.61 Å². The van der Waals surface area contributed by atoms with Gasteiger partial charge in [0.15, 0.2) is 5.44 Å². The summed E-state index contributed by atoms with van der Waals surface area (Å²) < 4.78 is 42.8. The maximum absolute atomic E-state index is 11.3. The molecule has 1 fully saturated rings. The Morgan fingerprint density at radius 2 is 1.94 bits per heavy atom. The molecule has 0 heterocycles. The summed E-state index contributed by atoms with van der Waals surface area (Å²) in [7, 11) is -4.66. The predicted octanol–water partition coefficient (Wildman–Crippen LogP) is 2.00. The summed E-state index contributed by atoms with van der Waals surface area (Å²) in [5.74, 6) is -0.407. The van der Waals surface area contributed by atoms with Crippen LogP contribution in [0.3, 0.4) is 0 Å². The first kappa shape index (κ1) is 15.2. The fourth-order valence-corrected chi connectivity index (χ4v) is 3.05. The summed E-state index contributed by atoms with van der Waals surface area (Å²) in [5.41, 5.74) is -1.61. The van der Waals surface area contributed by atoms with Crippen LogP contribution < -0.4 is 0 Å². The lowest BCUT2D eigenvalue weighted by atomic mass is 9.90. The average Bonchev–Trinajstić information content (AvgIpc) is 2.33. The molecule has 1 atom stereocenters. The van der Waals surface area contributed by atoms with Gasteiger partial charge in [0.1, 0.15) is 10.1 Å². The molecule has 0 amide bonds. The largest absolute Gasteiger partial charge is 0.745 e. The van der Waals surface area contributed by atoms with Crippen molar-refractivity contribution in [1.82, 2.24) is 0 Å². The van der Waals surface area contributed by atoms with Gasteiger partial charge in [-0.05, 0) is 19.3 Å². The molecule has 1 rings (SSSR count). The molecule has 0 aromatic heterocycles. The molecule has 0 N–H and O–H groups in total. The number of hydrogen-bond acceptors (Lipinski definition) is 6. The maximum atomic E-state index is 11.3. The van der Waals surface area contributed by atoms with Crippen molar-refractivity contribution in [2.45, 2.75) is 50.9 Å². The van der Waals surface area contributed by atoms with E-state index in [0.29, 0.717) is 19.3 Å². The van der Waals surface area contributed by atoms with E-state index >= 15 is 0 Å². The lowest BCUT2D eigenvalue weighted by Gasteiger charge is -2.30. The summed E-state index contributed by atoms with van der Waals surface area (Å²) in [6.07, 6.45) is 3.43. The molecule has 0 spiro atoms. The number of rotatable bonds is 5. The van der Waals surface area contributed by atoms with Crippen molar-refractivity contribution >= 4 is 16.3 Å². The minimum atomic E-state index is -4.66. The highest BCUT2D eigenvalue weighted by Crippen LogP contribution is 2.30. The van der Waals surface area contributed by atoms with Crippen LogP contribution >= 0.6 is 0 Å². The Morgan fingerprint density at radius 3 is 2.44 bits per heavy atom. The average molecular weight is 279 g/mol. The molecule has 0 aliphatic heterocycles. The van der Waals surface area contributed by atoms with E-state index in [1.807, 2.05) is 0 Å². The first-order valence-electron chi connectivity index (χ1n) is 6.23. The van der Waals surface area contributed by atoms with Crippen LogP contribution in [-0.2, 0) is 19.6 Å². The van der Waals surface area contributed by atoms with Gasteiger partial charge in [-0.15, -0.1) is 0 Å². The third-order valence-electron chi connectivity index (χ3n) is 2.96. The maximum Gasteiger partial charge on any atom is 0.509 e. The second kappa shape index (κ2) is 6.94. The minimum absolute atomic E-state index is 0.148.